The molecule has 252 valence electrons. The minimum Gasteiger partial charge on any atom is -0.494 e. The summed E-state index contributed by atoms with van der Waals surface area (Å²) in [7, 11) is -4.33. The molecule has 0 fully saturated rings. The van der Waals surface area contributed by atoms with Crippen molar-refractivity contribution in [1.29, 1.82) is 0 Å². The summed E-state index contributed by atoms with van der Waals surface area (Å²) in [6.07, 6.45) is 0.183. The maximum atomic E-state index is 14.4. The zero-order valence-corrected chi connectivity index (χ0v) is 25.7. The summed E-state index contributed by atoms with van der Waals surface area (Å²) in [5.74, 6) is -4.43. The fourth-order valence-electron chi connectivity index (χ4n) is 4.55. The lowest BCUT2D eigenvalue weighted by Gasteiger charge is -2.19. The number of fused-ring (bicyclic) bond motifs is 1. The molecule has 1 unspecified atom stereocenters. The van der Waals surface area contributed by atoms with E-state index in [1.54, 1.807) is 0 Å². The van der Waals surface area contributed by atoms with Crippen molar-refractivity contribution in [2.24, 2.45) is 0 Å². The monoisotopic (exact) mass is 692 g/mol. The van der Waals surface area contributed by atoms with Crippen LogP contribution < -0.4 is 4.74 Å². The molecule has 48 heavy (non-hydrogen) atoms. The van der Waals surface area contributed by atoms with Crippen molar-refractivity contribution in [3.8, 4) is 39.9 Å². The first-order chi connectivity index (χ1) is 22.7. The fourth-order valence-corrected chi connectivity index (χ4v) is 5.03. The summed E-state index contributed by atoms with van der Waals surface area (Å²) in [5.41, 5.74) is -1.35. The number of esters is 1. The number of nitrogens with zero attached hydrogens (tertiary/aromatic N) is 6. The van der Waals surface area contributed by atoms with Gasteiger partial charge < -0.3 is 9.47 Å². The molecule has 1 atom stereocenters. The minimum absolute atomic E-state index is 0.00255. The molecule has 2 aromatic carbocycles. The fraction of sp³-hybridized carbons (Fsp3) is 0.267. The molecule has 3 heterocycles. The van der Waals surface area contributed by atoms with Crippen molar-refractivity contribution in [3.05, 3.63) is 83.9 Å². The smallest absolute Gasteiger partial charge is 0.417 e. The number of halogens is 5. The summed E-state index contributed by atoms with van der Waals surface area (Å²) in [4.78, 5) is 29.9. The Hall–Kier alpha value is -5.10. The molecule has 12 nitrogen and oxygen atoms in total. The van der Waals surface area contributed by atoms with E-state index in [1.165, 1.54) is 36.7 Å². The quantitative estimate of drug-likeness (QED) is 0.0772. The van der Waals surface area contributed by atoms with Gasteiger partial charge in [0.25, 0.3) is 10.1 Å². The van der Waals surface area contributed by atoms with E-state index in [2.05, 4.69) is 25.0 Å². The Balaban J connectivity index is 1.51. The van der Waals surface area contributed by atoms with Crippen LogP contribution in [-0.2, 0) is 25.8 Å². The van der Waals surface area contributed by atoms with Gasteiger partial charge in [0.15, 0.2) is 29.3 Å². The van der Waals surface area contributed by atoms with Crippen LogP contribution in [0.4, 0.5) is 22.0 Å². The number of alkyl halides is 3. The Morgan fingerprint density at radius 1 is 0.979 bits per heavy atom. The van der Waals surface area contributed by atoms with Gasteiger partial charge in [0.05, 0.1) is 42.5 Å². The van der Waals surface area contributed by atoms with E-state index < -0.39 is 57.9 Å². The second kappa shape index (κ2) is 13.9. The molecule has 1 N–H and O–H groups in total. The van der Waals surface area contributed by atoms with Gasteiger partial charge in [-0.15, -0.1) is 0 Å². The Labute approximate surface area is 269 Å². The SMILES string of the molecule is CCCOc1ccc(-c2ncc(C(C(=O)OCCCS(=O)(=O)O)n3cc4nc(-c5cccc(F)c5F)nc-4cn3)cn2)c(C(F)(F)F)c1. The van der Waals surface area contributed by atoms with Gasteiger partial charge in [-0.2, -0.15) is 26.7 Å². The summed E-state index contributed by atoms with van der Waals surface area (Å²) in [6, 6.07) is 5.36. The Morgan fingerprint density at radius 3 is 2.40 bits per heavy atom. The van der Waals surface area contributed by atoms with Crippen LogP contribution in [0.15, 0.2) is 61.2 Å². The molecule has 0 aliphatic carbocycles. The Kier molecular flexibility index (Phi) is 9.95. The second-order valence-corrected chi connectivity index (χ2v) is 11.8. The standard InChI is InChI=1S/C30H25F5N6O6S/c1-2-9-46-18-7-8-19(21(12-18)30(33,34)35)27-36-13-17(14-37-27)26(29(42)47-10-4-11-48(43,44)45)41-16-24-23(15-38-41)39-28(40-24)20-5-3-6-22(31)25(20)32/h3,5-8,12-16,26H,2,4,9-11H2,1H3,(H,43,44,45). The van der Waals surface area contributed by atoms with Crippen molar-refractivity contribution in [3.63, 3.8) is 0 Å². The van der Waals surface area contributed by atoms with Gasteiger partial charge in [-0.3, -0.25) is 9.23 Å². The predicted molar refractivity (Wildman–Crippen MR) is 158 cm³/mol. The molecule has 0 radical (unpaired) electrons. The molecule has 2 aliphatic heterocycles. The number of hydrogen-bond acceptors (Lipinski definition) is 10. The number of ether oxygens (including phenoxy) is 2. The molecule has 18 heteroatoms. The van der Waals surface area contributed by atoms with Crippen LogP contribution in [0.1, 0.15) is 36.9 Å². The number of hydrogen-bond donors (Lipinski definition) is 1. The van der Waals surface area contributed by atoms with Gasteiger partial charge in [0.2, 0.25) is 0 Å². The minimum atomic E-state index is -4.78. The topological polar surface area (TPSA) is 159 Å². The van der Waals surface area contributed by atoms with E-state index in [-0.39, 0.29) is 58.5 Å². The van der Waals surface area contributed by atoms with E-state index in [9.17, 15) is 35.2 Å². The molecule has 1 aromatic heterocycles. The maximum absolute atomic E-state index is 14.4. The van der Waals surface area contributed by atoms with Crippen molar-refractivity contribution in [2.75, 3.05) is 19.0 Å². The number of imidazole rings is 1. The average molecular weight is 693 g/mol. The zero-order valence-electron chi connectivity index (χ0n) is 24.9. The van der Waals surface area contributed by atoms with Gasteiger partial charge in [0.1, 0.15) is 17.1 Å². The van der Waals surface area contributed by atoms with E-state index in [0.29, 0.717) is 6.42 Å². The second-order valence-electron chi connectivity index (χ2n) is 10.3. The highest BCUT2D eigenvalue weighted by Gasteiger charge is 2.35. The van der Waals surface area contributed by atoms with Crippen molar-refractivity contribution >= 4 is 16.1 Å². The molecule has 0 saturated heterocycles. The van der Waals surface area contributed by atoms with Gasteiger partial charge in [-0.25, -0.2) is 33.5 Å². The summed E-state index contributed by atoms with van der Waals surface area (Å²) in [5, 5.41) is 4.17. The van der Waals surface area contributed by atoms with Crippen molar-refractivity contribution < 1.29 is 49.2 Å². The molecule has 2 aliphatic rings. The molecule has 3 aromatic rings. The largest absolute Gasteiger partial charge is 0.494 e. The average Bonchev–Trinajstić information content (AvgIpc) is 3.46. The van der Waals surface area contributed by atoms with E-state index >= 15 is 0 Å². The number of carbonyl (C=O) groups excluding carboxylic acids is 1. The lowest BCUT2D eigenvalue weighted by molar-refractivity contribution is -0.146. The maximum Gasteiger partial charge on any atom is 0.417 e. The summed E-state index contributed by atoms with van der Waals surface area (Å²) < 4.78 is 113. The Morgan fingerprint density at radius 2 is 1.71 bits per heavy atom. The highest BCUT2D eigenvalue weighted by molar-refractivity contribution is 7.85. The predicted octanol–water partition coefficient (Wildman–Crippen LogP) is 5.40. The molecule has 5 rings (SSSR count). The summed E-state index contributed by atoms with van der Waals surface area (Å²) in [6.45, 7) is 1.59. The first-order valence-corrected chi connectivity index (χ1v) is 15.8. The number of benzene rings is 2. The molecule has 0 spiro atoms. The number of carbonyl (C=O) groups is 1. The third kappa shape index (κ3) is 7.88. The normalized spacial score (nSPS) is 12.6. The molecule has 0 amide bonds. The first kappa shape index (κ1) is 34.2. The van der Waals surface area contributed by atoms with Crippen molar-refractivity contribution in [1.82, 2.24) is 29.7 Å². The van der Waals surface area contributed by atoms with E-state index in [4.69, 9.17) is 14.0 Å². The molecular formula is C30H25F5N6O6S. The zero-order chi connectivity index (χ0) is 34.6. The Bertz CT molecular complexity index is 2010. The van der Waals surface area contributed by atoms with Crippen LogP contribution in [0.25, 0.3) is 34.2 Å². The summed E-state index contributed by atoms with van der Waals surface area (Å²) >= 11 is 0. The van der Waals surface area contributed by atoms with Gasteiger partial charge in [0, 0.05) is 23.5 Å². The van der Waals surface area contributed by atoms with Gasteiger partial charge in [-0.05, 0) is 43.2 Å². The van der Waals surface area contributed by atoms with Crippen molar-refractivity contribution in [2.45, 2.75) is 32.0 Å². The number of rotatable bonds is 12. The highest BCUT2D eigenvalue weighted by Crippen LogP contribution is 2.38. The van der Waals surface area contributed by atoms with Crippen LogP contribution in [0, 0.1) is 11.6 Å². The van der Waals surface area contributed by atoms with Crippen LogP contribution in [0.2, 0.25) is 0 Å². The van der Waals surface area contributed by atoms with Crippen LogP contribution in [-0.4, -0.2) is 67.6 Å². The highest BCUT2D eigenvalue weighted by atomic mass is 32.2. The van der Waals surface area contributed by atoms with Crippen LogP contribution >= 0.6 is 0 Å². The lowest BCUT2D eigenvalue weighted by atomic mass is 10.1. The van der Waals surface area contributed by atoms with E-state index in [0.717, 1.165) is 29.2 Å². The molecule has 0 saturated carbocycles. The molecule has 0 bridgehead atoms. The third-order valence-corrected chi connectivity index (χ3v) is 7.56. The van der Waals surface area contributed by atoms with Gasteiger partial charge in [-0.1, -0.05) is 13.0 Å². The van der Waals surface area contributed by atoms with Crippen LogP contribution in [0.5, 0.6) is 5.75 Å². The van der Waals surface area contributed by atoms with Crippen LogP contribution in [0.3, 0.4) is 0 Å². The number of aromatic nitrogens is 6. The van der Waals surface area contributed by atoms with E-state index in [1.807, 2.05) is 6.92 Å². The third-order valence-electron chi connectivity index (χ3n) is 6.75. The van der Waals surface area contributed by atoms with Gasteiger partial charge >= 0.3 is 12.1 Å². The lowest BCUT2D eigenvalue weighted by Crippen LogP contribution is -2.26. The first-order valence-electron chi connectivity index (χ1n) is 14.2. The molecular weight excluding hydrogens is 667 g/mol.